The predicted octanol–water partition coefficient (Wildman–Crippen LogP) is 4.46. The number of hydrogen-bond donors (Lipinski definition) is 1. The van der Waals surface area contributed by atoms with E-state index in [1.165, 1.54) is 12.1 Å². The van der Waals surface area contributed by atoms with Crippen molar-refractivity contribution in [2.45, 2.75) is 32.2 Å². The molecule has 0 aromatic heterocycles. The molecule has 0 unspecified atom stereocenters. The van der Waals surface area contributed by atoms with Crippen LogP contribution in [0.5, 0.6) is 0 Å². The average Bonchev–Trinajstić information content (AvgIpc) is 3.01. The number of amides is 1. The van der Waals surface area contributed by atoms with Crippen molar-refractivity contribution in [1.29, 1.82) is 0 Å². The monoisotopic (exact) mass is 376 g/mol. The summed E-state index contributed by atoms with van der Waals surface area (Å²) in [5.74, 6) is -1.32. The van der Waals surface area contributed by atoms with Crippen molar-refractivity contribution in [3.8, 4) is 11.1 Å². The van der Waals surface area contributed by atoms with Crippen LogP contribution in [0.25, 0.3) is 11.1 Å². The molecule has 0 aliphatic carbocycles. The molecule has 0 fully saturated rings. The lowest BCUT2D eigenvalue weighted by atomic mass is 9.98. The molecule has 0 saturated carbocycles. The van der Waals surface area contributed by atoms with Crippen LogP contribution in [0.1, 0.15) is 30.6 Å². The van der Waals surface area contributed by atoms with Crippen molar-refractivity contribution in [1.82, 2.24) is 5.01 Å². The Labute approximate surface area is 154 Å². The van der Waals surface area contributed by atoms with Gasteiger partial charge in [-0.2, -0.15) is 23.3 Å². The number of hydrazone groups is 1. The van der Waals surface area contributed by atoms with Gasteiger partial charge in [-0.15, -0.1) is 0 Å². The summed E-state index contributed by atoms with van der Waals surface area (Å²) in [6, 6.07) is 15.6. The molecule has 1 heterocycles. The second kappa shape index (κ2) is 6.81. The Morgan fingerprint density at radius 2 is 1.63 bits per heavy atom. The van der Waals surface area contributed by atoms with Crippen LogP contribution in [-0.2, 0) is 0 Å². The molecule has 4 nitrogen and oxygen atoms in total. The van der Waals surface area contributed by atoms with Gasteiger partial charge in [-0.25, -0.2) is 0 Å². The lowest BCUT2D eigenvalue weighted by Crippen LogP contribution is -2.56. The van der Waals surface area contributed by atoms with Crippen molar-refractivity contribution in [3.63, 3.8) is 0 Å². The minimum absolute atomic E-state index is 0.0195. The zero-order valence-corrected chi connectivity index (χ0v) is 14.9. The van der Waals surface area contributed by atoms with Gasteiger partial charge in [-0.3, -0.25) is 4.79 Å². The first-order valence-electron chi connectivity index (χ1n) is 8.50. The lowest BCUT2D eigenvalue weighted by molar-refractivity contribution is -0.297. The Kier molecular flexibility index (Phi) is 4.82. The van der Waals surface area contributed by atoms with E-state index in [0.29, 0.717) is 0 Å². The third-order valence-corrected chi connectivity index (χ3v) is 4.56. The van der Waals surface area contributed by atoms with Crippen LogP contribution in [0.2, 0.25) is 0 Å². The zero-order chi connectivity index (χ0) is 19.8. The topological polar surface area (TPSA) is 52.9 Å². The maximum absolute atomic E-state index is 13.5. The van der Waals surface area contributed by atoms with Gasteiger partial charge in [0.2, 0.25) is 0 Å². The van der Waals surface area contributed by atoms with Crippen LogP contribution in [0.3, 0.4) is 0 Å². The number of hydrogen-bond acceptors (Lipinski definition) is 3. The van der Waals surface area contributed by atoms with Gasteiger partial charge < -0.3 is 5.11 Å². The van der Waals surface area contributed by atoms with Crippen LogP contribution in [0.4, 0.5) is 13.2 Å². The molecule has 1 aliphatic heterocycles. The third kappa shape index (κ3) is 3.47. The molecule has 1 N–H and O–H groups in total. The lowest BCUT2D eigenvalue weighted by Gasteiger charge is -2.32. The van der Waals surface area contributed by atoms with Gasteiger partial charge in [0.05, 0.1) is 0 Å². The van der Waals surface area contributed by atoms with Crippen LogP contribution >= 0.6 is 0 Å². The van der Waals surface area contributed by atoms with Crippen molar-refractivity contribution >= 4 is 11.6 Å². The van der Waals surface area contributed by atoms with E-state index in [9.17, 15) is 23.1 Å². The number of rotatable bonds is 3. The van der Waals surface area contributed by atoms with Crippen LogP contribution < -0.4 is 0 Å². The third-order valence-electron chi connectivity index (χ3n) is 4.56. The van der Waals surface area contributed by atoms with Crippen molar-refractivity contribution in [2.75, 3.05) is 0 Å². The van der Waals surface area contributed by atoms with Crippen LogP contribution in [0.15, 0.2) is 59.7 Å². The molecule has 0 saturated heterocycles. The van der Waals surface area contributed by atoms with Gasteiger partial charge in [-0.05, 0) is 29.2 Å². The molecule has 2 aromatic carbocycles. The number of aliphatic hydroxyl groups is 1. The van der Waals surface area contributed by atoms with Gasteiger partial charge in [0.15, 0.2) is 0 Å². The van der Waals surface area contributed by atoms with Crippen molar-refractivity contribution in [3.05, 3.63) is 60.2 Å². The molecule has 142 valence electrons. The van der Waals surface area contributed by atoms with Gasteiger partial charge in [0.25, 0.3) is 11.6 Å². The smallest absolute Gasteiger partial charge is 0.362 e. The highest BCUT2D eigenvalue weighted by molar-refractivity contribution is 5.99. The number of halogens is 3. The van der Waals surface area contributed by atoms with Crippen LogP contribution in [-0.4, -0.2) is 33.6 Å². The van der Waals surface area contributed by atoms with Crippen LogP contribution in [0, 0.1) is 5.92 Å². The maximum Gasteiger partial charge on any atom is 0.438 e. The van der Waals surface area contributed by atoms with Gasteiger partial charge >= 0.3 is 6.18 Å². The molecule has 0 radical (unpaired) electrons. The average molecular weight is 376 g/mol. The molecule has 1 aliphatic rings. The standard InChI is InChI=1S/C20H19F3N2O2/c1-13(2)17-12-19(27,20(21,22)23)25(24-17)18(26)16-10-8-15(9-11-16)14-6-4-3-5-7-14/h3-11,13,27H,12H2,1-2H3/t19-/m1/s1. The normalized spacial score (nSPS) is 20.1. The maximum atomic E-state index is 13.5. The first-order chi connectivity index (χ1) is 12.6. The largest absolute Gasteiger partial charge is 0.438 e. The quantitative estimate of drug-likeness (QED) is 0.860. The van der Waals surface area contributed by atoms with E-state index in [4.69, 9.17) is 0 Å². The van der Waals surface area contributed by atoms with E-state index in [0.717, 1.165) is 11.1 Å². The van der Waals surface area contributed by atoms with E-state index in [2.05, 4.69) is 5.10 Å². The Balaban J connectivity index is 1.93. The molecular weight excluding hydrogens is 357 g/mol. The molecule has 1 atom stereocenters. The molecule has 0 bridgehead atoms. The Hall–Kier alpha value is -2.67. The van der Waals surface area contributed by atoms with E-state index in [-0.39, 0.29) is 22.2 Å². The molecule has 2 aromatic rings. The first kappa shape index (κ1) is 19.1. The Bertz CT molecular complexity index is 861. The highest BCUT2D eigenvalue weighted by Crippen LogP contribution is 2.42. The number of carbonyl (C=O) groups excluding carboxylic acids is 1. The van der Waals surface area contributed by atoms with E-state index in [1.54, 1.807) is 26.0 Å². The number of alkyl halides is 3. The SMILES string of the molecule is CC(C)C1=NN(C(=O)c2ccc(-c3ccccc3)cc2)[C@](O)(C(F)(F)F)C1. The summed E-state index contributed by atoms with van der Waals surface area (Å²) in [6.45, 7) is 3.33. The van der Waals surface area contributed by atoms with E-state index < -0.39 is 24.2 Å². The minimum atomic E-state index is -5.02. The number of carbonyl (C=O) groups is 1. The molecular formula is C20H19F3N2O2. The second-order valence-corrected chi connectivity index (χ2v) is 6.80. The summed E-state index contributed by atoms with van der Waals surface area (Å²) in [5.41, 5.74) is -1.44. The predicted molar refractivity (Wildman–Crippen MR) is 95.9 cm³/mol. The first-order valence-corrected chi connectivity index (χ1v) is 8.50. The highest BCUT2D eigenvalue weighted by atomic mass is 19.4. The fourth-order valence-electron chi connectivity index (χ4n) is 2.89. The molecule has 7 heteroatoms. The van der Waals surface area contributed by atoms with E-state index in [1.807, 2.05) is 30.3 Å². The molecule has 3 rings (SSSR count). The summed E-state index contributed by atoms with van der Waals surface area (Å²) in [4.78, 5) is 12.7. The summed E-state index contributed by atoms with van der Waals surface area (Å²) >= 11 is 0. The Morgan fingerprint density at radius 3 is 2.15 bits per heavy atom. The van der Waals surface area contributed by atoms with Crippen molar-refractivity contribution in [2.24, 2.45) is 11.0 Å². The number of nitrogens with zero attached hydrogens (tertiary/aromatic N) is 2. The second-order valence-electron chi connectivity index (χ2n) is 6.80. The fraction of sp³-hybridized carbons (Fsp3) is 0.300. The van der Waals surface area contributed by atoms with Gasteiger partial charge in [0.1, 0.15) is 0 Å². The van der Waals surface area contributed by atoms with E-state index >= 15 is 0 Å². The summed E-state index contributed by atoms with van der Waals surface area (Å²) < 4.78 is 40.4. The Morgan fingerprint density at radius 1 is 1.07 bits per heavy atom. The summed E-state index contributed by atoms with van der Waals surface area (Å²) in [7, 11) is 0. The fourth-order valence-corrected chi connectivity index (χ4v) is 2.89. The molecule has 1 amide bonds. The highest BCUT2D eigenvalue weighted by Gasteiger charge is 2.63. The number of benzene rings is 2. The zero-order valence-electron chi connectivity index (χ0n) is 14.9. The van der Waals surface area contributed by atoms with Gasteiger partial charge in [0, 0.05) is 17.7 Å². The van der Waals surface area contributed by atoms with Crippen molar-refractivity contribution < 1.29 is 23.1 Å². The summed E-state index contributed by atoms with van der Waals surface area (Å²) in [6.07, 6.45) is -5.77. The minimum Gasteiger partial charge on any atom is -0.362 e. The summed E-state index contributed by atoms with van der Waals surface area (Å²) in [5, 5.41) is 14.2. The van der Waals surface area contributed by atoms with Gasteiger partial charge in [-0.1, -0.05) is 56.3 Å². The molecule has 27 heavy (non-hydrogen) atoms. The molecule has 0 spiro atoms.